The van der Waals surface area contributed by atoms with Crippen molar-refractivity contribution < 1.29 is 23.5 Å². The molecule has 0 aliphatic heterocycles. The topological polar surface area (TPSA) is 61.8 Å². The van der Waals surface area contributed by atoms with Crippen LogP contribution in [0.5, 0.6) is 0 Å². The summed E-state index contributed by atoms with van der Waals surface area (Å²) in [5.41, 5.74) is -0.342. The largest absolute Gasteiger partial charge is 0.546 e. The lowest BCUT2D eigenvalue weighted by Crippen LogP contribution is -2.41. The smallest absolute Gasteiger partial charge is 0.337 e. The van der Waals surface area contributed by atoms with Gasteiger partial charge in [0.1, 0.15) is 0 Å². The monoisotopic (exact) mass is 358 g/mol. The normalized spacial score (nSPS) is 13.9. The molecule has 0 spiro atoms. The third-order valence-electron chi connectivity index (χ3n) is 4.54. The van der Waals surface area contributed by atoms with Crippen molar-refractivity contribution in [3.63, 3.8) is 0 Å². The second-order valence-electron chi connectivity index (χ2n) is 8.15. The molecule has 0 aromatic rings. The van der Waals surface area contributed by atoms with Crippen molar-refractivity contribution in [1.29, 1.82) is 0 Å². The zero-order valence-electron chi connectivity index (χ0n) is 17.0. The number of methoxy groups -OCH3 is 1. The summed E-state index contributed by atoms with van der Waals surface area (Å²) < 4.78 is 16.3. The van der Waals surface area contributed by atoms with Gasteiger partial charge in [0.15, 0.2) is 0 Å². The molecule has 0 saturated carbocycles. The van der Waals surface area contributed by atoms with E-state index in [9.17, 15) is 9.59 Å². The lowest BCUT2D eigenvalue weighted by atomic mass is 9.80. The summed E-state index contributed by atoms with van der Waals surface area (Å²) in [6, 6.07) is 0. The number of hydrogen-bond acceptors (Lipinski definition) is 5. The second-order valence-corrected chi connectivity index (χ2v) is 12.9. The van der Waals surface area contributed by atoms with Crippen molar-refractivity contribution in [3.8, 4) is 0 Å². The zero-order valence-corrected chi connectivity index (χ0v) is 18.0. The highest BCUT2D eigenvalue weighted by molar-refractivity contribution is 6.74. The van der Waals surface area contributed by atoms with Crippen LogP contribution in [-0.2, 0) is 23.5 Å². The Balaban J connectivity index is 5.94. The SMILES string of the molecule is CCOC(=O)/C(=C(/C)O[Si](C)(C)C(C)(C)C)C(C)(C)CC(=O)OC. The lowest BCUT2D eigenvalue weighted by molar-refractivity contribution is -0.143. The van der Waals surface area contributed by atoms with Gasteiger partial charge in [-0.25, -0.2) is 4.79 Å². The third kappa shape index (κ3) is 5.96. The van der Waals surface area contributed by atoms with Gasteiger partial charge in [0.05, 0.1) is 31.5 Å². The Morgan fingerprint density at radius 3 is 1.92 bits per heavy atom. The first-order valence-electron chi connectivity index (χ1n) is 8.34. The maximum atomic E-state index is 12.5. The highest BCUT2D eigenvalue weighted by atomic mass is 28.4. The van der Waals surface area contributed by atoms with Crippen LogP contribution in [0.2, 0.25) is 18.1 Å². The Labute approximate surface area is 147 Å². The molecule has 0 rings (SSSR count). The van der Waals surface area contributed by atoms with E-state index in [1.807, 2.05) is 13.8 Å². The molecule has 0 bridgehead atoms. The van der Waals surface area contributed by atoms with Gasteiger partial charge in [0, 0.05) is 5.41 Å². The fourth-order valence-electron chi connectivity index (χ4n) is 2.21. The zero-order chi connectivity index (χ0) is 19.3. The van der Waals surface area contributed by atoms with Gasteiger partial charge in [0.2, 0.25) is 8.32 Å². The molecule has 0 amide bonds. The molecule has 0 radical (unpaired) electrons. The molecule has 0 N–H and O–H groups in total. The molecule has 140 valence electrons. The van der Waals surface area contributed by atoms with Crippen LogP contribution < -0.4 is 0 Å². The van der Waals surface area contributed by atoms with Crippen LogP contribution in [0.3, 0.4) is 0 Å². The second kappa shape index (κ2) is 8.19. The molecule has 24 heavy (non-hydrogen) atoms. The summed E-state index contributed by atoms with van der Waals surface area (Å²) >= 11 is 0. The lowest BCUT2D eigenvalue weighted by Gasteiger charge is -2.38. The Morgan fingerprint density at radius 1 is 1.04 bits per heavy atom. The van der Waals surface area contributed by atoms with E-state index in [1.54, 1.807) is 13.8 Å². The van der Waals surface area contributed by atoms with Gasteiger partial charge < -0.3 is 13.9 Å². The van der Waals surface area contributed by atoms with E-state index in [1.165, 1.54) is 7.11 Å². The molecule has 6 heteroatoms. The molecular formula is C18H34O5Si. The number of hydrogen-bond donors (Lipinski definition) is 0. The van der Waals surface area contributed by atoms with Crippen LogP contribution in [0, 0.1) is 5.41 Å². The van der Waals surface area contributed by atoms with Gasteiger partial charge in [-0.1, -0.05) is 34.6 Å². The summed E-state index contributed by atoms with van der Waals surface area (Å²) in [4.78, 5) is 24.3. The summed E-state index contributed by atoms with van der Waals surface area (Å²) in [6.45, 7) is 18.1. The first-order chi connectivity index (χ1) is 10.7. The van der Waals surface area contributed by atoms with Gasteiger partial charge >= 0.3 is 11.9 Å². The first-order valence-corrected chi connectivity index (χ1v) is 11.2. The van der Waals surface area contributed by atoms with Gasteiger partial charge in [-0.3, -0.25) is 4.79 Å². The average molecular weight is 359 g/mol. The van der Waals surface area contributed by atoms with Gasteiger partial charge in [0.25, 0.3) is 0 Å². The highest BCUT2D eigenvalue weighted by Crippen LogP contribution is 2.41. The number of carbonyl (C=O) groups excluding carboxylic acids is 2. The Kier molecular flexibility index (Phi) is 7.74. The Hall–Kier alpha value is -1.30. The minimum absolute atomic E-state index is 0.000519. The molecular weight excluding hydrogens is 324 g/mol. The van der Waals surface area contributed by atoms with E-state index in [0.29, 0.717) is 11.3 Å². The van der Waals surface area contributed by atoms with Crippen LogP contribution in [0.15, 0.2) is 11.3 Å². The molecule has 0 saturated heterocycles. The molecule has 0 aromatic carbocycles. The third-order valence-corrected chi connectivity index (χ3v) is 8.97. The summed E-state index contributed by atoms with van der Waals surface area (Å²) in [7, 11) is -0.770. The Morgan fingerprint density at radius 2 is 1.54 bits per heavy atom. The van der Waals surface area contributed by atoms with Crippen LogP contribution in [0.25, 0.3) is 0 Å². The van der Waals surface area contributed by atoms with Crippen LogP contribution in [-0.4, -0.2) is 34.0 Å². The maximum absolute atomic E-state index is 12.5. The summed E-state index contributed by atoms with van der Waals surface area (Å²) in [6.07, 6.45) is 0.0792. The van der Waals surface area contributed by atoms with E-state index >= 15 is 0 Å². The molecule has 0 heterocycles. The molecule has 0 aromatic heterocycles. The van der Waals surface area contributed by atoms with E-state index < -0.39 is 19.7 Å². The van der Waals surface area contributed by atoms with Crippen molar-refractivity contribution in [2.24, 2.45) is 5.41 Å². The Bertz CT molecular complexity index is 498. The summed E-state index contributed by atoms with van der Waals surface area (Å²) in [5.74, 6) is -0.279. The predicted octanol–water partition coefficient (Wildman–Crippen LogP) is 4.43. The van der Waals surface area contributed by atoms with Crippen LogP contribution in [0.1, 0.15) is 54.9 Å². The number of carbonyl (C=O) groups is 2. The van der Waals surface area contributed by atoms with Crippen molar-refractivity contribution in [3.05, 3.63) is 11.3 Å². The number of ether oxygens (including phenoxy) is 2. The maximum Gasteiger partial charge on any atom is 0.337 e. The predicted molar refractivity (Wildman–Crippen MR) is 98.0 cm³/mol. The van der Waals surface area contributed by atoms with Crippen molar-refractivity contribution in [1.82, 2.24) is 0 Å². The molecule has 0 aliphatic carbocycles. The van der Waals surface area contributed by atoms with Gasteiger partial charge in [-0.2, -0.15) is 0 Å². The van der Waals surface area contributed by atoms with E-state index in [0.717, 1.165) is 0 Å². The van der Waals surface area contributed by atoms with E-state index in [-0.39, 0.29) is 24.0 Å². The molecule has 0 unspecified atom stereocenters. The standard InChI is InChI=1S/C18H34O5Si/c1-11-22-16(20)15(18(6,7)12-14(19)21-8)13(2)23-24(9,10)17(3,4)5/h11-12H2,1-10H3/b15-13+. The summed E-state index contributed by atoms with van der Waals surface area (Å²) in [5, 5.41) is 0.000519. The fraction of sp³-hybridized carbons (Fsp3) is 0.778. The first kappa shape index (κ1) is 22.7. The average Bonchev–Trinajstić information content (AvgIpc) is 2.35. The molecule has 0 fully saturated rings. The van der Waals surface area contributed by atoms with E-state index in [4.69, 9.17) is 13.9 Å². The highest BCUT2D eigenvalue weighted by Gasteiger charge is 2.41. The molecule has 5 nitrogen and oxygen atoms in total. The van der Waals surface area contributed by atoms with E-state index in [2.05, 4.69) is 33.9 Å². The van der Waals surface area contributed by atoms with Crippen molar-refractivity contribution >= 4 is 20.3 Å². The van der Waals surface area contributed by atoms with Crippen molar-refractivity contribution in [2.75, 3.05) is 13.7 Å². The van der Waals surface area contributed by atoms with Crippen LogP contribution >= 0.6 is 0 Å². The quantitative estimate of drug-likeness (QED) is 0.291. The van der Waals surface area contributed by atoms with Gasteiger partial charge in [-0.15, -0.1) is 0 Å². The molecule has 0 aliphatic rings. The number of rotatable bonds is 7. The number of allylic oxidation sites excluding steroid dienone is 1. The minimum Gasteiger partial charge on any atom is -0.546 e. The molecule has 0 atom stereocenters. The van der Waals surface area contributed by atoms with Crippen molar-refractivity contribution in [2.45, 2.75) is 73.0 Å². The van der Waals surface area contributed by atoms with Gasteiger partial charge in [-0.05, 0) is 32.0 Å². The van der Waals surface area contributed by atoms with Crippen LogP contribution in [0.4, 0.5) is 0 Å². The number of esters is 2. The fourth-order valence-corrected chi connectivity index (χ4v) is 3.38. The minimum atomic E-state index is -2.11.